The van der Waals surface area contributed by atoms with Gasteiger partial charge in [-0.2, -0.15) is 0 Å². The number of benzene rings is 1. The summed E-state index contributed by atoms with van der Waals surface area (Å²) in [5.74, 6) is -0.659. The van der Waals surface area contributed by atoms with Crippen LogP contribution >= 0.6 is 0 Å². The molecule has 3 N–H and O–H groups in total. The van der Waals surface area contributed by atoms with Gasteiger partial charge < -0.3 is 25.4 Å². The van der Waals surface area contributed by atoms with E-state index in [4.69, 9.17) is 4.74 Å². The highest BCUT2D eigenvalue weighted by atomic mass is 16.6. The van der Waals surface area contributed by atoms with Crippen LogP contribution in [0.4, 0.5) is 4.79 Å². The molecule has 188 valence electrons. The molecule has 3 amide bonds. The molecule has 0 spiro atoms. The average Bonchev–Trinajstić information content (AvgIpc) is 3.58. The fourth-order valence-electron chi connectivity index (χ4n) is 4.49. The van der Waals surface area contributed by atoms with Gasteiger partial charge in [0.15, 0.2) is 0 Å². The van der Waals surface area contributed by atoms with E-state index in [0.29, 0.717) is 11.1 Å². The molecule has 0 heterocycles. The van der Waals surface area contributed by atoms with E-state index in [2.05, 4.69) is 10.6 Å². The lowest BCUT2D eigenvalue weighted by Crippen LogP contribution is -2.53. The van der Waals surface area contributed by atoms with E-state index in [1.807, 2.05) is 0 Å². The molecule has 2 unspecified atom stereocenters. The number of alkyl carbamates (subject to hydrolysis) is 1. The van der Waals surface area contributed by atoms with Crippen LogP contribution in [0.2, 0.25) is 0 Å². The smallest absolute Gasteiger partial charge is 0.408 e. The number of nitrogens with one attached hydrogen (secondary N) is 2. The number of para-hydroxylation sites is 1. The van der Waals surface area contributed by atoms with Crippen LogP contribution in [0.15, 0.2) is 18.2 Å². The van der Waals surface area contributed by atoms with Gasteiger partial charge in [-0.3, -0.25) is 9.59 Å². The summed E-state index contributed by atoms with van der Waals surface area (Å²) in [5, 5.41) is 16.6. The molecule has 8 nitrogen and oxygen atoms in total. The van der Waals surface area contributed by atoms with Crippen molar-refractivity contribution < 1.29 is 24.2 Å². The van der Waals surface area contributed by atoms with Crippen molar-refractivity contribution in [2.75, 3.05) is 0 Å². The number of amides is 3. The van der Waals surface area contributed by atoms with Crippen LogP contribution in [0.3, 0.4) is 0 Å². The van der Waals surface area contributed by atoms with Crippen molar-refractivity contribution in [3.63, 3.8) is 0 Å². The van der Waals surface area contributed by atoms with Gasteiger partial charge in [-0.1, -0.05) is 37.5 Å². The molecule has 1 aromatic rings. The van der Waals surface area contributed by atoms with Gasteiger partial charge in [0.2, 0.25) is 11.8 Å². The van der Waals surface area contributed by atoms with Crippen LogP contribution in [-0.2, 0) is 14.3 Å². The summed E-state index contributed by atoms with van der Waals surface area (Å²) < 4.78 is 5.30. The quantitative estimate of drug-likeness (QED) is 0.553. The maximum atomic E-state index is 13.7. The Kier molecular flexibility index (Phi) is 8.10. The normalized spacial score (nSPS) is 18.5. The molecular weight excluding hydrogens is 434 g/mol. The van der Waals surface area contributed by atoms with Gasteiger partial charge in [0.1, 0.15) is 23.4 Å². The number of carbonyl (C=O) groups is 3. The number of hydrogen-bond acceptors (Lipinski definition) is 5. The molecule has 2 saturated carbocycles. The van der Waals surface area contributed by atoms with Crippen molar-refractivity contribution >= 4 is 17.9 Å². The Bertz CT molecular complexity index is 900. The predicted molar refractivity (Wildman–Crippen MR) is 129 cm³/mol. The van der Waals surface area contributed by atoms with Crippen molar-refractivity contribution in [2.24, 2.45) is 0 Å². The highest BCUT2D eigenvalue weighted by Gasteiger charge is 2.44. The first-order valence-corrected chi connectivity index (χ1v) is 12.4. The molecule has 2 atom stereocenters. The van der Waals surface area contributed by atoms with Gasteiger partial charge in [0, 0.05) is 17.6 Å². The molecule has 0 saturated heterocycles. The first-order chi connectivity index (χ1) is 16.0. The van der Waals surface area contributed by atoms with Crippen molar-refractivity contribution in [3.8, 4) is 5.75 Å². The number of aryl methyl sites for hydroxylation is 1. The Hall–Kier alpha value is -2.77. The highest BCUT2D eigenvalue weighted by Crippen LogP contribution is 2.39. The average molecular weight is 474 g/mol. The summed E-state index contributed by atoms with van der Waals surface area (Å²) in [6.07, 6.45) is 5.95. The molecule has 1 aromatic carbocycles. The summed E-state index contributed by atoms with van der Waals surface area (Å²) in [5.41, 5.74) is 0.341. The number of ether oxygens (including phenoxy) is 1. The largest absolute Gasteiger partial charge is 0.507 e. The Morgan fingerprint density at radius 3 is 2.32 bits per heavy atom. The zero-order valence-corrected chi connectivity index (χ0v) is 21.0. The first kappa shape index (κ1) is 25.8. The minimum Gasteiger partial charge on any atom is -0.507 e. The third-order valence-corrected chi connectivity index (χ3v) is 6.34. The highest BCUT2D eigenvalue weighted by molar-refractivity contribution is 5.93. The fraction of sp³-hybridized carbons (Fsp3) is 0.654. The lowest BCUT2D eigenvalue weighted by molar-refractivity contribution is -0.143. The summed E-state index contributed by atoms with van der Waals surface area (Å²) >= 11 is 0. The summed E-state index contributed by atoms with van der Waals surface area (Å²) in [4.78, 5) is 41.1. The van der Waals surface area contributed by atoms with E-state index in [1.54, 1.807) is 57.7 Å². The Morgan fingerprint density at radius 2 is 1.74 bits per heavy atom. The minimum atomic E-state index is -0.982. The second-order valence-corrected chi connectivity index (χ2v) is 10.6. The molecule has 2 fully saturated rings. The van der Waals surface area contributed by atoms with Crippen LogP contribution in [0.25, 0.3) is 0 Å². The SMILES string of the molecule is Cc1cccc(C(C(=O)NC2CCCCC2)N(C(=O)C(C)NC(=O)OC(C)(C)C)C2CC2)c1O. The second kappa shape index (κ2) is 10.7. The molecule has 2 aliphatic carbocycles. The van der Waals surface area contributed by atoms with Gasteiger partial charge >= 0.3 is 6.09 Å². The zero-order chi connectivity index (χ0) is 25.0. The number of hydrogen-bond donors (Lipinski definition) is 3. The van der Waals surface area contributed by atoms with E-state index in [9.17, 15) is 19.5 Å². The predicted octanol–water partition coefficient (Wildman–Crippen LogP) is 4.09. The van der Waals surface area contributed by atoms with Crippen molar-refractivity contribution in [2.45, 2.75) is 109 Å². The third-order valence-electron chi connectivity index (χ3n) is 6.34. The molecule has 0 aliphatic heterocycles. The molecule has 0 radical (unpaired) electrons. The number of rotatable bonds is 7. The lowest BCUT2D eigenvalue weighted by atomic mass is 9.94. The fourth-order valence-corrected chi connectivity index (χ4v) is 4.49. The van der Waals surface area contributed by atoms with Crippen LogP contribution in [-0.4, -0.2) is 51.6 Å². The van der Waals surface area contributed by atoms with Crippen LogP contribution in [0.1, 0.15) is 89.8 Å². The third kappa shape index (κ3) is 6.64. The molecule has 0 aromatic heterocycles. The van der Waals surface area contributed by atoms with E-state index >= 15 is 0 Å². The lowest BCUT2D eigenvalue weighted by Gasteiger charge is -2.35. The molecule has 0 bridgehead atoms. The molecule has 2 aliphatic rings. The summed E-state index contributed by atoms with van der Waals surface area (Å²) in [6, 6.07) is 3.30. The zero-order valence-electron chi connectivity index (χ0n) is 21.0. The summed E-state index contributed by atoms with van der Waals surface area (Å²) in [7, 11) is 0. The molecular formula is C26H39N3O5. The Labute approximate surface area is 202 Å². The van der Waals surface area contributed by atoms with Gasteiger partial charge in [0.25, 0.3) is 0 Å². The van der Waals surface area contributed by atoms with Gasteiger partial charge in [-0.15, -0.1) is 0 Å². The Morgan fingerprint density at radius 1 is 1.09 bits per heavy atom. The maximum Gasteiger partial charge on any atom is 0.408 e. The molecule has 3 rings (SSSR count). The molecule has 8 heteroatoms. The Balaban J connectivity index is 1.89. The van der Waals surface area contributed by atoms with E-state index in [-0.39, 0.29) is 29.6 Å². The number of carbonyl (C=O) groups excluding carboxylic acids is 3. The topological polar surface area (TPSA) is 108 Å². The number of phenols is 1. The summed E-state index contributed by atoms with van der Waals surface area (Å²) in [6.45, 7) is 8.61. The van der Waals surface area contributed by atoms with Crippen LogP contribution in [0.5, 0.6) is 5.75 Å². The number of phenolic OH excluding ortho intramolecular Hbond substituents is 1. The van der Waals surface area contributed by atoms with E-state index in [0.717, 1.165) is 44.9 Å². The van der Waals surface area contributed by atoms with Gasteiger partial charge in [0.05, 0.1) is 0 Å². The first-order valence-electron chi connectivity index (χ1n) is 12.4. The van der Waals surface area contributed by atoms with Crippen LogP contribution in [0, 0.1) is 6.92 Å². The number of aromatic hydroxyl groups is 1. The molecule has 34 heavy (non-hydrogen) atoms. The van der Waals surface area contributed by atoms with Crippen molar-refractivity contribution in [3.05, 3.63) is 29.3 Å². The maximum absolute atomic E-state index is 13.7. The minimum absolute atomic E-state index is 0.0116. The monoisotopic (exact) mass is 473 g/mol. The standard InChI is InChI=1S/C26H39N3O5/c1-16-10-9-13-20(22(16)30)21(23(31)28-18-11-7-6-8-12-18)29(19-14-15-19)24(32)17(2)27-25(33)34-26(3,4)5/h9-10,13,17-19,21,30H,6-8,11-12,14-15H2,1-5H3,(H,27,33)(H,28,31). The van der Waals surface area contributed by atoms with Crippen molar-refractivity contribution in [1.82, 2.24) is 15.5 Å². The van der Waals surface area contributed by atoms with E-state index in [1.165, 1.54) is 0 Å². The van der Waals surface area contributed by atoms with Gasteiger partial charge in [-0.05, 0) is 65.9 Å². The van der Waals surface area contributed by atoms with Gasteiger partial charge in [-0.25, -0.2) is 4.79 Å². The second-order valence-electron chi connectivity index (χ2n) is 10.6. The van der Waals surface area contributed by atoms with Crippen LogP contribution < -0.4 is 10.6 Å². The number of nitrogens with zero attached hydrogens (tertiary/aromatic N) is 1. The van der Waals surface area contributed by atoms with Crippen molar-refractivity contribution in [1.29, 1.82) is 0 Å². The van der Waals surface area contributed by atoms with E-state index < -0.39 is 23.8 Å².